The average molecular weight is 516 g/mol. The summed E-state index contributed by atoms with van der Waals surface area (Å²) in [5, 5.41) is 9.63. The van der Waals surface area contributed by atoms with E-state index >= 15 is 0 Å². The number of ether oxygens (including phenoxy) is 1. The number of hydrogen-bond donors (Lipinski definition) is 0. The molecule has 0 radical (unpaired) electrons. The van der Waals surface area contributed by atoms with E-state index in [4.69, 9.17) is 4.74 Å². The first-order chi connectivity index (χ1) is 18.6. The van der Waals surface area contributed by atoms with Crippen LogP contribution in [0.1, 0.15) is 144 Å². The monoisotopic (exact) mass is 515 g/mol. The van der Waals surface area contributed by atoms with Crippen LogP contribution in [0.25, 0.3) is 0 Å². The third kappa shape index (κ3) is 9.30. The largest absolute Gasteiger partial charge is 0.422 e. The van der Waals surface area contributed by atoms with E-state index in [9.17, 15) is 10.1 Å². The van der Waals surface area contributed by atoms with Gasteiger partial charge < -0.3 is 4.74 Å². The molecule has 1 saturated carbocycles. The molecule has 2 aromatic carbocycles. The average Bonchev–Trinajstić information content (AvgIpc) is 2.96. The molecule has 1 fully saturated rings. The molecule has 0 N–H and O–H groups in total. The van der Waals surface area contributed by atoms with Crippen molar-refractivity contribution in [3.05, 3.63) is 64.7 Å². The van der Waals surface area contributed by atoms with Gasteiger partial charge >= 0.3 is 5.97 Å². The number of unbranched alkanes of at least 4 members (excludes halogenated alkanes) is 5. The Bertz CT molecular complexity index is 1010. The summed E-state index contributed by atoms with van der Waals surface area (Å²) < 4.78 is 5.65. The van der Waals surface area contributed by atoms with Gasteiger partial charge in [-0.1, -0.05) is 90.3 Å². The second kappa shape index (κ2) is 16.4. The number of esters is 1. The van der Waals surface area contributed by atoms with Crippen molar-refractivity contribution in [2.24, 2.45) is 11.8 Å². The molecule has 0 heterocycles. The molecule has 3 heteroatoms. The van der Waals surface area contributed by atoms with E-state index in [1.807, 2.05) is 24.3 Å². The van der Waals surface area contributed by atoms with E-state index in [1.165, 1.54) is 89.0 Å². The lowest BCUT2D eigenvalue weighted by atomic mass is 9.75. The number of benzene rings is 2. The molecule has 38 heavy (non-hydrogen) atoms. The Kier molecular flexibility index (Phi) is 12.9. The zero-order valence-corrected chi connectivity index (χ0v) is 24.1. The van der Waals surface area contributed by atoms with Crippen molar-refractivity contribution in [1.29, 1.82) is 5.26 Å². The molecule has 0 amide bonds. The van der Waals surface area contributed by atoms with E-state index < -0.39 is 5.97 Å². The maximum absolute atomic E-state index is 12.8. The molecule has 1 aliphatic rings. The van der Waals surface area contributed by atoms with Crippen LogP contribution in [-0.2, 0) is 6.42 Å². The van der Waals surface area contributed by atoms with E-state index in [-0.39, 0.29) is 0 Å². The minimum Gasteiger partial charge on any atom is -0.422 e. The second-order valence-corrected chi connectivity index (χ2v) is 11.5. The first kappa shape index (κ1) is 29.9. The van der Waals surface area contributed by atoms with Crippen LogP contribution in [0.4, 0.5) is 0 Å². The van der Waals surface area contributed by atoms with Gasteiger partial charge in [0, 0.05) is 0 Å². The predicted molar refractivity (Wildman–Crippen MR) is 158 cm³/mol. The topological polar surface area (TPSA) is 50.1 Å². The maximum Gasteiger partial charge on any atom is 0.343 e. The van der Waals surface area contributed by atoms with Crippen molar-refractivity contribution in [3.8, 4) is 11.8 Å². The molecule has 0 saturated heterocycles. The third-order valence-electron chi connectivity index (χ3n) is 8.61. The first-order valence-corrected chi connectivity index (χ1v) is 15.4. The summed E-state index contributed by atoms with van der Waals surface area (Å²) >= 11 is 0. The van der Waals surface area contributed by atoms with Gasteiger partial charge in [-0.3, -0.25) is 0 Å². The van der Waals surface area contributed by atoms with Crippen molar-refractivity contribution >= 4 is 5.97 Å². The summed E-state index contributed by atoms with van der Waals surface area (Å²) in [4.78, 5) is 12.8. The smallest absolute Gasteiger partial charge is 0.343 e. The number of carbonyl (C=O) groups is 1. The highest BCUT2D eigenvalue weighted by molar-refractivity contribution is 5.91. The highest BCUT2D eigenvalue weighted by atomic mass is 16.5. The van der Waals surface area contributed by atoms with Crippen LogP contribution in [-0.4, -0.2) is 5.97 Å². The Morgan fingerprint density at radius 1 is 0.921 bits per heavy atom. The third-order valence-corrected chi connectivity index (χ3v) is 8.61. The highest BCUT2D eigenvalue weighted by Gasteiger charge is 2.24. The van der Waals surface area contributed by atoms with Crippen molar-refractivity contribution in [1.82, 2.24) is 0 Å². The molecule has 1 aliphatic carbocycles. The minimum atomic E-state index is -0.401. The number of aryl methyl sites for hydroxylation is 1. The molecule has 206 valence electrons. The van der Waals surface area contributed by atoms with Gasteiger partial charge in [-0.15, -0.1) is 0 Å². The summed E-state index contributed by atoms with van der Waals surface area (Å²) in [6.07, 6.45) is 19.0. The van der Waals surface area contributed by atoms with Gasteiger partial charge in [-0.2, -0.15) is 5.26 Å². The Morgan fingerprint density at radius 2 is 1.63 bits per heavy atom. The van der Waals surface area contributed by atoms with Gasteiger partial charge in [0.05, 0.1) is 11.1 Å². The van der Waals surface area contributed by atoms with Crippen LogP contribution < -0.4 is 4.74 Å². The zero-order chi connectivity index (χ0) is 27.2. The fraction of sp³-hybridized carbons (Fsp3) is 0.600. The maximum atomic E-state index is 12.8. The molecule has 0 aliphatic heterocycles. The quantitative estimate of drug-likeness (QED) is 0.135. The lowest BCUT2D eigenvalue weighted by molar-refractivity contribution is 0.0734. The summed E-state index contributed by atoms with van der Waals surface area (Å²) in [5.74, 6) is 2.31. The number of nitriles is 1. The summed E-state index contributed by atoms with van der Waals surface area (Å²) in [6.45, 7) is 6.86. The molecule has 2 aromatic rings. The number of nitrogens with zero attached hydrogens (tertiary/aromatic N) is 1. The molecule has 1 atom stereocenters. The molecule has 3 rings (SSSR count). The van der Waals surface area contributed by atoms with Crippen LogP contribution in [0.2, 0.25) is 0 Å². The standard InChI is InChI=1S/C35H49NO2/c1-4-7-9-10-11-13-28-16-23-34(33(25-28)26-36)38-35(37)32-21-19-31(20-22-32)30-17-14-29(15-18-30)24-27(6-3)12-8-5-2/h16,19-23,25,27,29-30H,4-15,17-18,24H2,1-3H3. The minimum absolute atomic E-state index is 0.346. The Labute approximate surface area is 232 Å². The summed E-state index contributed by atoms with van der Waals surface area (Å²) in [7, 11) is 0. The molecule has 0 spiro atoms. The van der Waals surface area contributed by atoms with Gasteiger partial charge in [0.2, 0.25) is 0 Å². The van der Waals surface area contributed by atoms with E-state index in [0.717, 1.165) is 30.2 Å². The Hall–Kier alpha value is -2.60. The van der Waals surface area contributed by atoms with Crippen LogP contribution in [0.3, 0.4) is 0 Å². The fourth-order valence-corrected chi connectivity index (χ4v) is 6.08. The second-order valence-electron chi connectivity index (χ2n) is 11.5. The Morgan fingerprint density at radius 3 is 2.29 bits per heavy atom. The van der Waals surface area contributed by atoms with Gasteiger partial charge in [-0.05, 0) is 98.1 Å². The number of carbonyl (C=O) groups excluding carboxylic acids is 1. The predicted octanol–water partition coefficient (Wildman–Crippen LogP) is 10.2. The van der Waals surface area contributed by atoms with Gasteiger partial charge in [0.15, 0.2) is 0 Å². The first-order valence-electron chi connectivity index (χ1n) is 15.4. The molecule has 0 bridgehead atoms. The van der Waals surface area contributed by atoms with E-state index in [1.54, 1.807) is 6.07 Å². The van der Waals surface area contributed by atoms with Crippen LogP contribution >= 0.6 is 0 Å². The van der Waals surface area contributed by atoms with Crippen LogP contribution in [0.15, 0.2) is 42.5 Å². The van der Waals surface area contributed by atoms with Gasteiger partial charge in [0.25, 0.3) is 0 Å². The van der Waals surface area contributed by atoms with E-state index in [2.05, 4.69) is 39.0 Å². The van der Waals surface area contributed by atoms with Crippen molar-refractivity contribution < 1.29 is 9.53 Å². The lowest BCUT2D eigenvalue weighted by Crippen LogP contribution is -2.17. The van der Waals surface area contributed by atoms with Crippen molar-refractivity contribution in [2.45, 2.75) is 123 Å². The zero-order valence-electron chi connectivity index (χ0n) is 24.1. The van der Waals surface area contributed by atoms with Crippen LogP contribution in [0, 0.1) is 23.2 Å². The molecule has 0 aromatic heterocycles. The highest BCUT2D eigenvalue weighted by Crippen LogP contribution is 2.39. The molecule has 1 unspecified atom stereocenters. The SMILES string of the molecule is CCCCCCCc1ccc(OC(=O)c2ccc(C3CCC(CC(CC)CCCC)CC3)cc2)c(C#N)c1. The van der Waals surface area contributed by atoms with Crippen molar-refractivity contribution in [3.63, 3.8) is 0 Å². The molecule has 3 nitrogen and oxygen atoms in total. The fourth-order valence-electron chi connectivity index (χ4n) is 6.08. The molecular formula is C35H49NO2. The number of rotatable bonds is 15. The normalized spacial score (nSPS) is 18.1. The summed E-state index contributed by atoms with van der Waals surface area (Å²) in [5.41, 5.74) is 3.42. The summed E-state index contributed by atoms with van der Waals surface area (Å²) in [6, 6.07) is 15.8. The Balaban J connectivity index is 1.50. The number of hydrogen-bond acceptors (Lipinski definition) is 3. The van der Waals surface area contributed by atoms with Gasteiger partial charge in [0.1, 0.15) is 11.8 Å². The van der Waals surface area contributed by atoms with Gasteiger partial charge in [-0.25, -0.2) is 4.79 Å². The van der Waals surface area contributed by atoms with E-state index in [0.29, 0.717) is 22.8 Å². The van der Waals surface area contributed by atoms with Crippen molar-refractivity contribution in [2.75, 3.05) is 0 Å². The lowest BCUT2D eigenvalue weighted by Gasteiger charge is -2.31. The van der Waals surface area contributed by atoms with Crippen LogP contribution in [0.5, 0.6) is 5.75 Å². The molecular weight excluding hydrogens is 466 g/mol.